The lowest BCUT2D eigenvalue weighted by Crippen LogP contribution is -1.99. The van der Waals surface area contributed by atoms with Gasteiger partial charge in [-0.05, 0) is 28.9 Å². The maximum absolute atomic E-state index is 12.8. The predicted molar refractivity (Wildman–Crippen MR) is 50.7 cm³/mol. The van der Waals surface area contributed by atoms with Gasteiger partial charge >= 0.3 is 0 Å². The van der Waals surface area contributed by atoms with Gasteiger partial charge in [0.05, 0.1) is 12.7 Å². The molecule has 0 radical (unpaired) electrons. The Hall–Kier alpha value is -0.900. The first-order valence-electron chi connectivity index (χ1n) is 3.60. The molecule has 0 unspecified atom stereocenters. The molecule has 0 spiro atoms. The van der Waals surface area contributed by atoms with Gasteiger partial charge in [-0.1, -0.05) is 0 Å². The number of Topliss-reactive ketones (excluding diaryl/α,β-unsaturated/α-hetero) is 1. The van der Waals surface area contributed by atoms with Crippen molar-refractivity contribution in [3.63, 3.8) is 0 Å². The van der Waals surface area contributed by atoms with Crippen molar-refractivity contribution >= 4 is 21.7 Å². The minimum atomic E-state index is -0.436. The van der Waals surface area contributed by atoms with Crippen LogP contribution in [0.1, 0.15) is 17.3 Å². The van der Waals surface area contributed by atoms with E-state index in [0.29, 0.717) is 10.0 Å². The topological polar surface area (TPSA) is 26.3 Å². The Bertz CT molecular complexity index is 350. The Kier molecular flexibility index (Phi) is 3.03. The van der Waals surface area contributed by atoms with Crippen LogP contribution >= 0.6 is 15.9 Å². The first-order chi connectivity index (χ1) is 6.06. The molecule has 0 atom stereocenters. The molecule has 4 heteroatoms. The van der Waals surface area contributed by atoms with Crippen molar-refractivity contribution in [1.29, 1.82) is 0 Å². The van der Waals surface area contributed by atoms with E-state index >= 15 is 0 Å². The molecule has 1 aromatic carbocycles. The van der Waals surface area contributed by atoms with Gasteiger partial charge in [0, 0.05) is 10.5 Å². The second-order valence-electron chi connectivity index (χ2n) is 2.52. The molecule has 0 bridgehead atoms. The van der Waals surface area contributed by atoms with Crippen molar-refractivity contribution in [3.05, 3.63) is 28.0 Å². The first kappa shape index (κ1) is 10.2. The lowest BCUT2D eigenvalue weighted by atomic mass is 10.1. The molecular weight excluding hydrogens is 239 g/mol. The molecule has 1 aromatic rings. The maximum atomic E-state index is 12.8. The third kappa shape index (κ3) is 2.06. The van der Waals surface area contributed by atoms with E-state index in [1.807, 2.05) is 0 Å². The zero-order valence-electron chi connectivity index (χ0n) is 7.23. The molecule has 70 valence electrons. The molecule has 13 heavy (non-hydrogen) atoms. The number of ketones is 1. The number of ether oxygens (including phenoxy) is 1. The molecule has 1 rings (SSSR count). The summed E-state index contributed by atoms with van der Waals surface area (Å²) in [4.78, 5) is 11.1. The number of benzene rings is 1. The van der Waals surface area contributed by atoms with E-state index in [1.165, 1.54) is 26.2 Å². The van der Waals surface area contributed by atoms with Crippen molar-refractivity contribution in [2.75, 3.05) is 7.11 Å². The van der Waals surface area contributed by atoms with Crippen molar-refractivity contribution in [3.8, 4) is 5.75 Å². The van der Waals surface area contributed by atoms with Gasteiger partial charge in [-0.15, -0.1) is 0 Å². The smallest absolute Gasteiger partial charge is 0.164 e. The quantitative estimate of drug-likeness (QED) is 0.751. The zero-order chi connectivity index (χ0) is 10.0. The highest BCUT2D eigenvalue weighted by atomic mass is 79.9. The molecule has 0 heterocycles. The fourth-order valence-electron chi connectivity index (χ4n) is 1.05. The van der Waals surface area contributed by atoms with Crippen LogP contribution in [0, 0.1) is 5.82 Å². The molecular formula is C9H8BrFO2. The summed E-state index contributed by atoms with van der Waals surface area (Å²) in [5.41, 5.74) is 0.365. The van der Waals surface area contributed by atoms with Crippen LogP contribution in [0.2, 0.25) is 0 Å². The summed E-state index contributed by atoms with van der Waals surface area (Å²) in [7, 11) is 1.40. The molecule has 2 nitrogen and oxygen atoms in total. The zero-order valence-corrected chi connectivity index (χ0v) is 8.81. The average Bonchev–Trinajstić information content (AvgIpc) is 2.01. The molecule has 0 aromatic heterocycles. The summed E-state index contributed by atoms with van der Waals surface area (Å²) >= 11 is 3.10. The van der Waals surface area contributed by atoms with E-state index in [4.69, 9.17) is 4.74 Å². The molecule has 0 saturated heterocycles. The highest BCUT2D eigenvalue weighted by molar-refractivity contribution is 9.10. The normalized spacial score (nSPS) is 9.85. The van der Waals surface area contributed by atoms with Crippen molar-refractivity contribution in [1.82, 2.24) is 0 Å². The van der Waals surface area contributed by atoms with Crippen LogP contribution in [0.15, 0.2) is 16.6 Å². The van der Waals surface area contributed by atoms with Gasteiger partial charge in [-0.3, -0.25) is 4.79 Å². The lowest BCUT2D eigenvalue weighted by molar-refractivity contribution is 0.101. The summed E-state index contributed by atoms with van der Waals surface area (Å²) < 4.78 is 18.1. The Morgan fingerprint density at radius 1 is 1.54 bits per heavy atom. The van der Waals surface area contributed by atoms with E-state index in [9.17, 15) is 9.18 Å². The van der Waals surface area contributed by atoms with Gasteiger partial charge < -0.3 is 4.74 Å². The Morgan fingerprint density at radius 3 is 2.62 bits per heavy atom. The molecule has 0 aliphatic heterocycles. The van der Waals surface area contributed by atoms with Gasteiger partial charge in [0.25, 0.3) is 0 Å². The third-order valence-corrected chi connectivity index (χ3v) is 2.22. The van der Waals surface area contributed by atoms with E-state index in [-0.39, 0.29) is 11.5 Å². The SMILES string of the molecule is COc1cc(F)cc(Br)c1C(C)=O. The second kappa shape index (κ2) is 3.87. The Balaban J connectivity index is 3.38. The Labute approximate surface area is 83.8 Å². The number of hydrogen-bond acceptors (Lipinski definition) is 2. The van der Waals surface area contributed by atoms with Gasteiger partial charge in [0.15, 0.2) is 5.78 Å². The highest BCUT2D eigenvalue weighted by Gasteiger charge is 2.13. The van der Waals surface area contributed by atoms with Gasteiger partial charge in [-0.2, -0.15) is 0 Å². The third-order valence-electron chi connectivity index (χ3n) is 1.59. The average molecular weight is 247 g/mol. The standard InChI is InChI=1S/C9H8BrFO2/c1-5(12)9-7(10)3-6(11)4-8(9)13-2/h3-4H,1-2H3. The van der Waals surface area contributed by atoms with Crippen molar-refractivity contribution in [2.24, 2.45) is 0 Å². The predicted octanol–water partition coefficient (Wildman–Crippen LogP) is 2.80. The Morgan fingerprint density at radius 2 is 2.15 bits per heavy atom. The van der Waals surface area contributed by atoms with Crippen LogP contribution in [0.25, 0.3) is 0 Å². The van der Waals surface area contributed by atoms with E-state index in [2.05, 4.69) is 15.9 Å². The molecule has 0 N–H and O–H groups in total. The monoisotopic (exact) mass is 246 g/mol. The number of hydrogen-bond donors (Lipinski definition) is 0. The number of methoxy groups -OCH3 is 1. The fraction of sp³-hybridized carbons (Fsp3) is 0.222. The highest BCUT2D eigenvalue weighted by Crippen LogP contribution is 2.28. The number of carbonyl (C=O) groups is 1. The molecule has 0 aliphatic carbocycles. The fourth-order valence-corrected chi connectivity index (χ4v) is 1.75. The minimum absolute atomic E-state index is 0.163. The summed E-state index contributed by atoms with van der Waals surface area (Å²) in [6.45, 7) is 1.40. The van der Waals surface area contributed by atoms with E-state index in [1.54, 1.807) is 0 Å². The summed E-state index contributed by atoms with van der Waals surface area (Å²) in [5.74, 6) is -0.350. The van der Waals surface area contributed by atoms with Crippen LogP contribution in [-0.2, 0) is 0 Å². The van der Waals surface area contributed by atoms with Crippen molar-refractivity contribution < 1.29 is 13.9 Å². The lowest BCUT2D eigenvalue weighted by Gasteiger charge is -2.07. The number of halogens is 2. The molecule has 0 saturated carbocycles. The van der Waals surface area contributed by atoms with Gasteiger partial charge in [0.1, 0.15) is 11.6 Å². The summed E-state index contributed by atoms with van der Waals surface area (Å²) in [6.07, 6.45) is 0. The van der Waals surface area contributed by atoms with Crippen LogP contribution in [0.5, 0.6) is 5.75 Å². The van der Waals surface area contributed by atoms with Crippen LogP contribution in [0.3, 0.4) is 0 Å². The van der Waals surface area contributed by atoms with Crippen LogP contribution in [0.4, 0.5) is 4.39 Å². The largest absolute Gasteiger partial charge is 0.496 e. The van der Waals surface area contributed by atoms with Gasteiger partial charge in [-0.25, -0.2) is 4.39 Å². The van der Waals surface area contributed by atoms with E-state index in [0.717, 1.165) is 0 Å². The molecule has 0 fully saturated rings. The summed E-state index contributed by atoms with van der Waals surface area (Å²) in [5, 5.41) is 0. The molecule has 0 amide bonds. The maximum Gasteiger partial charge on any atom is 0.164 e. The van der Waals surface area contributed by atoms with Crippen LogP contribution in [-0.4, -0.2) is 12.9 Å². The number of carbonyl (C=O) groups excluding carboxylic acids is 1. The summed E-state index contributed by atoms with van der Waals surface area (Å²) in [6, 6.07) is 2.42. The molecule has 0 aliphatic rings. The number of rotatable bonds is 2. The van der Waals surface area contributed by atoms with Crippen LogP contribution < -0.4 is 4.74 Å². The minimum Gasteiger partial charge on any atom is -0.496 e. The first-order valence-corrected chi connectivity index (χ1v) is 4.39. The second-order valence-corrected chi connectivity index (χ2v) is 3.38. The van der Waals surface area contributed by atoms with E-state index < -0.39 is 5.82 Å². The van der Waals surface area contributed by atoms with Crippen molar-refractivity contribution in [2.45, 2.75) is 6.92 Å². The van der Waals surface area contributed by atoms with Gasteiger partial charge in [0.2, 0.25) is 0 Å².